The Hall–Kier alpha value is -2.10. The second kappa shape index (κ2) is 6.34. The monoisotopic (exact) mass is 302 g/mol. The zero-order valence-corrected chi connectivity index (χ0v) is 13.5. The van der Waals surface area contributed by atoms with E-state index in [1.54, 1.807) is 6.92 Å². The van der Waals surface area contributed by atoms with Crippen LogP contribution in [-0.2, 0) is 14.3 Å². The molecule has 0 heterocycles. The van der Waals surface area contributed by atoms with Crippen molar-refractivity contribution in [2.75, 3.05) is 0 Å². The number of carbonyl (C=O) groups excluding carboxylic acids is 2. The third-order valence-corrected chi connectivity index (χ3v) is 4.04. The molecule has 0 fully saturated rings. The van der Waals surface area contributed by atoms with Crippen LogP contribution < -0.4 is 0 Å². The van der Waals surface area contributed by atoms with Crippen LogP contribution >= 0.6 is 0 Å². The maximum Gasteiger partial charge on any atom is 0.311 e. The van der Waals surface area contributed by atoms with Gasteiger partial charge >= 0.3 is 5.97 Å². The van der Waals surface area contributed by atoms with Gasteiger partial charge in [-0.3, -0.25) is 9.59 Å². The van der Waals surface area contributed by atoms with E-state index in [0.29, 0.717) is 6.42 Å². The summed E-state index contributed by atoms with van der Waals surface area (Å²) in [4.78, 5) is 23.6. The Labute approximate surface area is 130 Å². The molecular weight excluding hydrogens is 280 g/mol. The van der Waals surface area contributed by atoms with Gasteiger partial charge in [0.25, 0.3) is 0 Å². The molecule has 22 heavy (non-hydrogen) atoms. The van der Waals surface area contributed by atoms with E-state index in [-0.39, 0.29) is 36.1 Å². The molecule has 0 aliphatic heterocycles. The molecular formula is C18H22O4. The summed E-state index contributed by atoms with van der Waals surface area (Å²) in [7, 11) is 0. The molecule has 4 nitrogen and oxygen atoms in total. The summed E-state index contributed by atoms with van der Waals surface area (Å²) in [5, 5.41) is 10.1. The number of aliphatic hydroxyl groups is 1. The first-order valence-electron chi connectivity index (χ1n) is 7.57. The molecule has 0 spiro atoms. The van der Waals surface area contributed by atoms with Crippen LogP contribution in [0.5, 0.6) is 0 Å². The highest BCUT2D eigenvalue weighted by molar-refractivity contribution is 5.97. The van der Waals surface area contributed by atoms with Gasteiger partial charge in [-0.2, -0.15) is 0 Å². The van der Waals surface area contributed by atoms with E-state index >= 15 is 0 Å². The number of hydrogen-bond donors (Lipinski definition) is 1. The SMILES string of the molecule is CCC(=O)OC1=C(O)CC(c2c(C)cc(C)cc2C)CC1=O. The highest BCUT2D eigenvalue weighted by Crippen LogP contribution is 2.37. The molecule has 1 unspecified atom stereocenters. The smallest absolute Gasteiger partial charge is 0.311 e. The van der Waals surface area contributed by atoms with Crippen molar-refractivity contribution in [3.8, 4) is 0 Å². The van der Waals surface area contributed by atoms with E-state index in [4.69, 9.17) is 4.74 Å². The van der Waals surface area contributed by atoms with Gasteiger partial charge in [-0.05, 0) is 43.4 Å². The van der Waals surface area contributed by atoms with Crippen molar-refractivity contribution in [1.82, 2.24) is 0 Å². The number of ketones is 1. The van der Waals surface area contributed by atoms with E-state index in [0.717, 1.165) is 16.7 Å². The van der Waals surface area contributed by atoms with E-state index in [1.165, 1.54) is 5.56 Å². The lowest BCUT2D eigenvalue weighted by Crippen LogP contribution is -2.23. The van der Waals surface area contributed by atoms with Crippen LogP contribution in [0.25, 0.3) is 0 Å². The predicted octanol–water partition coefficient (Wildman–Crippen LogP) is 3.78. The van der Waals surface area contributed by atoms with Crippen molar-refractivity contribution < 1.29 is 19.4 Å². The fraction of sp³-hybridized carbons (Fsp3) is 0.444. The lowest BCUT2D eigenvalue weighted by atomic mass is 9.81. The maximum atomic E-state index is 12.2. The molecule has 0 aromatic heterocycles. The van der Waals surface area contributed by atoms with Crippen LogP contribution in [0.3, 0.4) is 0 Å². The van der Waals surface area contributed by atoms with Crippen molar-refractivity contribution >= 4 is 11.8 Å². The predicted molar refractivity (Wildman–Crippen MR) is 83.7 cm³/mol. The average Bonchev–Trinajstić information content (AvgIpc) is 2.41. The molecule has 0 saturated heterocycles. The fourth-order valence-electron chi connectivity index (χ4n) is 3.22. The molecule has 1 aromatic rings. The van der Waals surface area contributed by atoms with Crippen molar-refractivity contribution in [2.45, 2.75) is 52.9 Å². The van der Waals surface area contributed by atoms with Gasteiger partial charge in [0.2, 0.25) is 11.5 Å². The summed E-state index contributed by atoms with van der Waals surface area (Å²) in [6.45, 7) is 7.73. The average molecular weight is 302 g/mol. The Bertz CT molecular complexity index is 632. The van der Waals surface area contributed by atoms with E-state index in [1.807, 2.05) is 20.8 Å². The number of hydrogen-bond acceptors (Lipinski definition) is 4. The van der Waals surface area contributed by atoms with Crippen LogP contribution in [0.2, 0.25) is 0 Å². The summed E-state index contributed by atoms with van der Waals surface area (Å²) >= 11 is 0. The lowest BCUT2D eigenvalue weighted by Gasteiger charge is -2.26. The Morgan fingerprint density at radius 3 is 2.32 bits per heavy atom. The number of Topliss-reactive ketones (excluding diaryl/α,β-unsaturated/α-hetero) is 1. The van der Waals surface area contributed by atoms with Gasteiger partial charge in [0.05, 0.1) is 0 Å². The zero-order valence-electron chi connectivity index (χ0n) is 13.5. The minimum atomic E-state index is -0.504. The first-order valence-corrected chi connectivity index (χ1v) is 7.57. The number of rotatable bonds is 3. The lowest BCUT2D eigenvalue weighted by molar-refractivity contribution is -0.143. The summed E-state index contributed by atoms with van der Waals surface area (Å²) in [5.41, 5.74) is 4.53. The van der Waals surface area contributed by atoms with E-state index in [9.17, 15) is 14.7 Å². The van der Waals surface area contributed by atoms with Crippen molar-refractivity contribution in [2.24, 2.45) is 0 Å². The standard InChI is InChI=1S/C18H22O4/c1-5-16(21)22-18-14(19)8-13(9-15(18)20)17-11(3)6-10(2)7-12(17)4/h6-7,13,19H,5,8-9H2,1-4H3. The number of aliphatic hydroxyl groups excluding tert-OH is 1. The van der Waals surface area contributed by atoms with Gasteiger partial charge in [-0.25, -0.2) is 0 Å². The quantitative estimate of drug-likeness (QED) is 0.863. The summed E-state index contributed by atoms with van der Waals surface area (Å²) < 4.78 is 4.97. The number of esters is 1. The van der Waals surface area contributed by atoms with Crippen LogP contribution in [0.4, 0.5) is 0 Å². The molecule has 1 atom stereocenters. The van der Waals surface area contributed by atoms with Crippen LogP contribution in [0.15, 0.2) is 23.7 Å². The molecule has 0 radical (unpaired) electrons. The van der Waals surface area contributed by atoms with Crippen LogP contribution in [0, 0.1) is 20.8 Å². The molecule has 1 aliphatic carbocycles. The topological polar surface area (TPSA) is 63.6 Å². The largest absolute Gasteiger partial charge is 0.508 e. The number of ether oxygens (including phenoxy) is 1. The Kier molecular flexibility index (Phi) is 4.69. The summed E-state index contributed by atoms with van der Waals surface area (Å²) in [6, 6.07) is 4.17. The Balaban J connectivity index is 2.32. The summed E-state index contributed by atoms with van der Waals surface area (Å²) in [5.74, 6) is -1.18. The first-order chi connectivity index (χ1) is 10.3. The molecule has 4 heteroatoms. The van der Waals surface area contributed by atoms with E-state index < -0.39 is 5.97 Å². The highest BCUT2D eigenvalue weighted by atomic mass is 16.5. The number of allylic oxidation sites excluding steroid dienone is 2. The van der Waals surface area contributed by atoms with Gasteiger partial charge < -0.3 is 9.84 Å². The Morgan fingerprint density at radius 2 is 1.82 bits per heavy atom. The van der Waals surface area contributed by atoms with Gasteiger partial charge in [0, 0.05) is 19.3 Å². The number of carbonyl (C=O) groups is 2. The molecule has 0 amide bonds. The van der Waals surface area contributed by atoms with Gasteiger partial charge in [0.15, 0.2) is 0 Å². The van der Waals surface area contributed by atoms with E-state index in [2.05, 4.69) is 12.1 Å². The minimum absolute atomic E-state index is 0.0721. The van der Waals surface area contributed by atoms with Gasteiger partial charge in [0.1, 0.15) is 5.76 Å². The van der Waals surface area contributed by atoms with Crippen molar-refractivity contribution in [3.05, 3.63) is 45.9 Å². The maximum absolute atomic E-state index is 12.2. The fourth-order valence-corrected chi connectivity index (χ4v) is 3.22. The molecule has 1 aliphatic rings. The molecule has 0 saturated carbocycles. The molecule has 1 aromatic carbocycles. The van der Waals surface area contributed by atoms with Crippen LogP contribution in [0.1, 0.15) is 54.4 Å². The highest BCUT2D eigenvalue weighted by Gasteiger charge is 2.32. The number of aryl methyl sites for hydroxylation is 3. The number of benzene rings is 1. The normalized spacial score (nSPS) is 18.5. The molecule has 1 N–H and O–H groups in total. The first kappa shape index (κ1) is 16.3. The second-order valence-corrected chi connectivity index (χ2v) is 5.94. The second-order valence-electron chi connectivity index (χ2n) is 5.94. The Morgan fingerprint density at radius 1 is 1.23 bits per heavy atom. The molecule has 2 rings (SSSR count). The van der Waals surface area contributed by atoms with Crippen LogP contribution in [-0.4, -0.2) is 16.9 Å². The minimum Gasteiger partial charge on any atom is -0.508 e. The van der Waals surface area contributed by atoms with Gasteiger partial charge in [-0.15, -0.1) is 0 Å². The van der Waals surface area contributed by atoms with Gasteiger partial charge in [-0.1, -0.05) is 24.6 Å². The van der Waals surface area contributed by atoms with Crippen molar-refractivity contribution in [1.29, 1.82) is 0 Å². The molecule has 0 bridgehead atoms. The third kappa shape index (κ3) is 3.21. The third-order valence-electron chi connectivity index (χ3n) is 4.04. The van der Waals surface area contributed by atoms with Crippen molar-refractivity contribution in [3.63, 3.8) is 0 Å². The zero-order chi connectivity index (χ0) is 16.4. The summed E-state index contributed by atoms with van der Waals surface area (Å²) in [6.07, 6.45) is 0.744. The molecule has 118 valence electrons.